The van der Waals surface area contributed by atoms with Gasteiger partial charge >= 0.3 is 0 Å². The number of hydrogen-bond acceptors (Lipinski definition) is 2. The quantitative estimate of drug-likeness (QED) is 0.597. The number of hydrazine groups is 1. The van der Waals surface area contributed by atoms with Crippen LogP contribution in [0.25, 0.3) is 11.1 Å². The summed E-state index contributed by atoms with van der Waals surface area (Å²) >= 11 is 0. The number of hydrogen-bond donors (Lipinski definition) is 2. The van der Waals surface area contributed by atoms with Crippen molar-refractivity contribution < 1.29 is 26.5 Å². The van der Waals surface area contributed by atoms with Gasteiger partial charge in [0, 0.05) is 11.1 Å². The summed E-state index contributed by atoms with van der Waals surface area (Å²) < 4.78 is 1.69. The van der Waals surface area contributed by atoms with Gasteiger partial charge < -0.3 is 17.0 Å². The number of benzene rings is 3. The van der Waals surface area contributed by atoms with Crippen LogP contribution >= 0.6 is 0 Å². The number of halogens is 1. The van der Waals surface area contributed by atoms with E-state index >= 15 is 0 Å². The summed E-state index contributed by atoms with van der Waals surface area (Å²) in [4.78, 5) is 12.5. The lowest BCUT2D eigenvalue weighted by Gasteiger charge is -2.07. The van der Waals surface area contributed by atoms with E-state index in [4.69, 9.17) is 5.73 Å². The Hall–Kier alpha value is -2.92. The molecule has 3 aromatic carbocycles. The van der Waals surface area contributed by atoms with Gasteiger partial charge in [0.2, 0.25) is 0 Å². The van der Waals surface area contributed by atoms with E-state index in [1.165, 1.54) is 0 Å². The maximum absolute atomic E-state index is 12.5. The minimum Gasteiger partial charge on any atom is -1.00 e. The monoisotopic (exact) mass is 407 g/mol. The molecule has 0 radical (unpaired) electrons. The van der Waals surface area contributed by atoms with Gasteiger partial charge in [-0.15, -0.1) is 0 Å². The van der Waals surface area contributed by atoms with Crippen LogP contribution < -0.4 is 28.1 Å². The van der Waals surface area contributed by atoms with Gasteiger partial charge in [0.15, 0.2) is 0 Å². The number of hydrazone groups is 1. The Balaban J connectivity index is 0.00000196. The number of nitrogens with zero attached hydrogens (tertiary/aromatic N) is 1. The van der Waals surface area contributed by atoms with Crippen molar-refractivity contribution in [2.24, 2.45) is 5.73 Å². The van der Waals surface area contributed by atoms with E-state index in [0.717, 1.165) is 22.3 Å². The Morgan fingerprint density at radius 2 is 1.46 bits per heavy atom. The van der Waals surface area contributed by atoms with Crippen molar-refractivity contribution in [1.29, 1.82) is 0 Å². The number of amides is 1. The summed E-state index contributed by atoms with van der Waals surface area (Å²) in [6.07, 6.45) is 0. The fourth-order valence-electron chi connectivity index (χ4n) is 3.04. The molecule has 0 unspecified atom stereocenters. The molecule has 130 valence electrons. The van der Waals surface area contributed by atoms with Gasteiger partial charge in [-0.05, 0) is 29.3 Å². The molecular formula is C21H18BrN3O. The SMILES string of the molecule is NC1=[N+](NC(=O)c2ccc(-c3ccccc3)cc2)Cc2ccccc21.[Br-]. The van der Waals surface area contributed by atoms with Gasteiger partial charge in [0.1, 0.15) is 6.54 Å². The molecule has 4 nitrogen and oxygen atoms in total. The van der Waals surface area contributed by atoms with Crippen molar-refractivity contribution in [3.8, 4) is 11.1 Å². The number of fused-ring (bicyclic) bond motifs is 1. The Bertz CT molecular complexity index is 966. The van der Waals surface area contributed by atoms with Gasteiger partial charge in [-0.3, -0.25) is 10.5 Å². The second-order valence-corrected chi connectivity index (χ2v) is 6.01. The normalized spacial score (nSPS) is 12.3. The topological polar surface area (TPSA) is 58.1 Å². The third kappa shape index (κ3) is 3.39. The molecule has 3 N–H and O–H groups in total. The van der Waals surface area contributed by atoms with Gasteiger partial charge in [-0.25, -0.2) is 0 Å². The minimum atomic E-state index is -0.171. The number of carbonyl (C=O) groups excluding carboxylic acids is 1. The molecule has 0 bridgehead atoms. The summed E-state index contributed by atoms with van der Waals surface area (Å²) in [6, 6.07) is 25.5. The minimum absolute atomic E-state index is 0. The molecule has 1 heterocycles. The Morgan fingerprint density at radius 3 is 2.15 bits per heavy atom. The molecule has 5 heteroatoms. The summed E-state index contributed by atoms with van der Waals surface area (Å²) in [5.74, 6) is 0.403. The van der Waals surface area contributed by atoms with E-state index in [2.05, 4.69) is 5.43 Å². The maximum Gasteiger partial charge on any atom is 0.299 e. The highest BCUT2D eigenvalue weighted by Gasteiger charge is 2.26. The lowest BCUT2D eigenvalue weighted by molar-refractivity contribution is -0.584. The summed E-state index contributed by atoms with van der Waals surface area (Å²) in [5.41, 5.74) is 13.9. The first-order valence-electron chi connectivity index (χ1n) is 8.17. The van der Waals surface area contributed by atoms with Crippen molar-refractivity contribution in [2.45, 2.75) is 6.54 Å². The largest absolute Gasteiger partial charge is 1.00 e. The molecule has 0 fully saturated rings. The molecule has 0 saturated heterocycles. The molecular weight excluding hydrogens is 390 g/mol. The highest BCUT2D eigenvalue weighted by atomic mass is 79.9. The molecule has 0 saturated carbocycles. The first kappa shape index (κ1) is 17.9. The van der Waals surface area contributed by atoms with Crippen molar-refractivity contribution in [1.82, 2.24) is 5.43 Å². The van der Waals surface area contributed by atoms with Crippen LogP contribution in [-0.2, 0) is 6.54 Å². The highest BCUT2D eigenvalue weighted by molar-refractivity contribution is 5.98. The lowest BCUT2D eigenvalue weighted by Crippen LogP contribution is -3.00. The first-order chi connectivity index (χ1) is 12.2. The van der Waals surface area contributed by atoms with Crippen molar-refractivity contribution >= 4 is 11.7 Å². The summed E-state index contributed by atoms with van der Waals surface area (Å²) in [6.45, 7) is 0.579. The van der Waals surface area contributed by atoms with Crippen molar-refractivity contribution in [3.05, 3.63) is 95.6 Å². The van der Waals surface area contributed by atoms with Gasteiger partial charge in [-0.1, -0.05) is 60.7 Å². The van der Waals surface area contributed by atoms with Gasteiger partial charge in [0.25, 0.3) is 11.7 Å². The molecule has 1 aliphatic heterocycles. The van der Waals surface area contributed by atoms with Gasteiger partial charge in [0.05, 0.1) is 5.56 Å². The van der Waals surface area contributed by atoms with E-state index in [-0.39, 0.29) is 22.9 Å². The van der Waals surface area contributed by atoms with Crippen LogP contribution in [0.15, 0.2) is 78.9 Å². The van der Waals surface area contributed by atoms with Crippen molar-refractivity contribution in [2.75, 3.05) is 0 Å². The second kappa shape index (κ2) is 7.54. The molecule has 26 heavy (non-hydrogen) atoms. The van der Waals surface area contributed by atoms with E-state index in [1.807, 2.05) is 78.9 Å². The van der Waals surface area contributed by atoms with Crippen LogP contribution in [0.2, 0.25) is 0 Å². The number of rotatable bonds is 3. The Morgan fingerprint density at radius 1 is 0.846 bits per heavy atom. The zero-order chi connectivity index (χ0) is 17.2. The number of carbonyl (C=O) groups is 1. The first-order valence-corrected chi connectivity index (χ1v) is 8.17. The molecule has 1 amide bonds. The number of nitrogens with two attached hydrogens (primary N) is 1. The van der Waals surface area contributed by atoms with Crippen LogP contribution in [0.1, 0.15) is 21.5 Å². The van der Waals surface area contributed by atoms with E-state index in [1.54, 1.807) is 4.68 Å². The van der Waals surface area contributed by atoms with Gasteiger partial charge in [-0.2, -0.15) is 10.1 Å². The smallest absolute Gasteiger partial charge is 0.299 e. The zero-order valence-electron chi connectivity index (χ0n) is 14.0. The molecule has 0 aliphatic carbocycles. The number of nitrogens with one attached hydrogen (secondary N) is 1. The third-order valence-electron chi connectivity index (χ3n) is 4.40. The van der Waals surface area contributed by atoms with E-state index in [0.29, 0.717) is 17.9 Å². The lowest BCUT2D eigenvalue weighted by atomic mass is 10.0. The average molecular weight is 408 g/mol. The van der Waals surface area contributed by atoms with Crippen LogP contribution in [0, 0.1) is 0 Å². The second-order valence-electron chi connectivity index (χ2n) is 6.01. The van der Waals surface area contributed by atoms with Crippen LogP contribution in [0.4, 0.5) is 0 Å². The van der Waals surface area contributed by atoms with E-state index in [9.17, 15) is 4.79 Å². The summed E-state index contributed by atoms with van der Waals surface area (Å²) in [7, 11) is 0. The highest BCUT2D eigenvalue weighted by Crippen LogP contribution is 2.19. The van der Waals surface area contributed by atoms with Crippen LogP contribution in [-0.4, -0.2) is 16.4 Å². The fraction of sp³-hybridized carbons (Fsp3) is 0.0476. The molecule has 0 aromatic heterocycles. The predicted octanol–water partition coefficient (Wildman–Crippen LogP) is -0.0660. The fourth-order valence-corrected chi connectivity index (χ4v) is 3.04. The summed E-state index contributed by atoms with van der Waals surface area (Å²) in [5, 5.41) is 0. The molecule has 0 atom stereocenters. The average Bonchev–Trinajstić information content (AvgIpc) is 2.98. The van der Waals surface area contributed by atoms with E-state index < -0.39 is 0 Å². The molecule has 4 rings (SSSR count). The standard InChI is InChI=1S/C21H17N3O.BrH/c22-20-19-9-5-4-8-18(19)14-24(20)23-21(25)17-12-10-16(11-13-17)15-6-2-1-3-7-15;/h1-13,22H,14H2,(H,23,25);1H. The Kier molecular flexibility index (Phi) is 5.19. The third-order valence-corrected chi connectivity index (χ3v) is 4.40. The molecule has 0 spiro atoms. The zero-order valence-corrected chi connectivity index (χ0v) is 15.6. The maximum atomic E-state index is 12.5. The molecule has 1 aliphatic rings. The van der Waals surface area contributed by atoms with Crippen LogP contribution in [0.3, 0.4) is 0 Å². The predicted molar refractivity (Wildman–Crippen MR) is 98.0 cm³/mol. The number of amidine groups is 1. The van der Waals surface area contributed by atoms with Crippen molar-refractivity contribution in [3.63, 3.8) is 0 Å². The molecule has 3 aromatic rings. The Labute approximate surface area is 162 Å². The van der Waals surface area contributed by atoms with Crippen LogP contribution in [0.5, 0.6) is 0 Å².